The Hall–Kier alpha value is -2.68. The molecule has 0 aliphatic heterocycles. The molecule has 29 heavy (non-hydrogen) atoms. The van der Waals surface area contributed by atoms with Crippen LogP contribution in [0.15, 0.2) is 82.8 Å². The predicted molar refractivity (Wildman–Crippen MR) is 127 cm³/mol. The summed E-state index contributed by atoms with van der Waals surface area (Å²) >= 11 is 0. The molecule has 1 unspecified atom stereocenters. The SMILES string of the molecule is CC/C=C\C(CC)[C@@H](C)[C@H](C)CN=C(N=C(N)c1ccccc1)c1ccccc1. The zero-order valence-electron chi connectivity index (χ0n) is 18.3. The maximum Gasteiger partial charge on any atom is 0.156 e. The van der Waals surface area contributed by atoms with Crippen LogP contribution in [0, 0.1) is 17.8 Å². The van der Waals surface area contributed by atoms with Crippen molar-refractivity contribution in [3.05, 3.63) is 83.9 Å². The van der Waals surface area contributed by atoms with Gasteiger partial charge in [-0.3, -0.25) is 4.99 Å². The first-order chi connectivity index (χ1) is 14.1. The maximum atomic E-state index is 6.28. The molecule has 0 radical (unpaired) electrons. The fraction of sp³-hybridized carbons (Fsp3) is 0.385. The van der Waals surface area contributed by atoms with Crippen molar-refractivity contribution in [3.8, 4) is 0 Å². The molecular formula is C26H35N3. The summed E-state index contributed by atoms with van der Waals surface area (Å²) in [5.74, 6) is 2.78. The van der Waals surface area contributed by atoms with Crippen LogP contribution in [0.5, 0.6) is 0 Å². The van der Waals surface area contributed by atoms with Gasteiger partial charge in [0.1, 0.15) is 5.84 Å². The van der Waals surface area contributed by atoms with E-state index in [1.165, 1.54) is 0 Å². The first-order valence-corrected chi connectivity index (χ1v) is 10.7. The minimum Gasteiger partial charge on any atom is -0.383 e. The number of benzene rings is 2. The van der Waals surface area contributed by atoms with Gasteiger partial charge >= 0.3 is 0 Å². The van der Waals surface area contributed by atoms with Crippen LogP contribution in [0.1, 0.15) is 51.7 Å². The van der Waals surface area contributed by atoms with E-state index in [1.54, 1.807) is 0 Å². The largest absolute Gasteiger partial charge is 0.383 e. The van der Waals surface area contributed by atoms with Crippen molar-refractivity contribution in [2.75, 3.05) is 6.54 Å². The molecule has 0 fully saturated rings. The van der Waals surface area contributed by atoms with Crippen molar-refractivity contribution in [1.82, 2.24) is 0 Å². The summed E-state index contributed by atoms with van der Waals surface area (Å²) in [5.41, 5.74) is 8.18. The van der Waals surface area contributed by atoms with Crippen LogP contribution >= 0.6 is 0 Å². The van der Waals surface area contributed by atoms with E-state index in [-0.39, 0.29) is 0 Å². The van der Waals surface area contributed by atoms with Crippen LogP contribution in [0.2, 0.25) is 0 Å². The van der Waals surface area contributed by atoms with Crippen molar-refractivity contribution in [2.45, 2.75) is 40.5 Å². The summed E-state index contributed by atoms with van der Waals surface area (Å²) < 4.78 is 0. The highest BCUT2D eigenvalue weighted by Crippen LogP contribution is 2.25. The Kier molecular flexibility index (Phi) is 9.36. The average molecular weight is 390 g/mol. The highest BCUT2D eigenvalue weighted by molar-refractivity contribution is 6.10. The number of rotatable bonds is 9. The summed E-state index contributed by atoms with van der Waals surface area (Å²) in [6.07, 6.45) is 6.88. The van der Waals surface area contributed by atoms with Gasteiger partial charge in [0.2, 0.25) is 0 Å². The smallest absolute Gasteiger partial charge is 0.156 e. The molecule has 3 nitrogen and oxygen atoms in total. The van der Waals surface area contributed by atoms with Crippen LogP contribution in [0.25, 0.3) is 0 Å². The van der Waals surface area contributed by atoms with Gasteiger partial charge in [-0.05, 0) is 30.6 Å². The van der Waals surface area contributed by atoms with E-state index >= 15 is 0 Å². The summed E-state index contributed by atoms with van der Waals surface area (Å²) in [6, 6.07) is 19.9. The first-order valence-electron chi connectivity index (χ1n) is 10.7. The molecule has 2 N–H and O–H groups in total. The van der Waals surface area contributed by atoms with E-state index in [1.807, 2.05) is 60.7 Å². The first kappa shape index (κ1) is 22.6. The highest BCUT2D eigenvalue weighted by atomic mass is 15.0. The lowest BCUT2D eigenvalue weighted by molar-refractivity contribution is 0.304. The number of hydrogen-bond donors (Lipinski definition) is 1. The summed E-state index contributed by atoms with van der Waals surface area (Å²) in [7, 11) is 0. The monoisotopic (exact) mass is 389 g/mol. The van der Waals surface area contributed by atoms with E-state index in [9.17, 15) is 0 Å². The molecular weight excluding hydrogens is 354 g/mol. The van der Waals surface area contributed by atoms with Crippen molar-refractivity contribution in [3.63, 3.8) is 0 Å². The zero-order valence-corrected chi connectivity index (χ0v) is 18.3. The van der Waals surface area contributed by atoms with Gasteiger partial charge in [-0.15, -0.1) is 0 Å². The third-order valence-electron chi connectivity index (χ3n) is 5.52. The van der Waals surface area contributed by atoms with E-state index in [0.717, 1.165) is 30.5 Å². The minimum atomic E-state index is 0.452. The number of hydrogen-bond acceptors (Lipinski definition) is 1. The molecule has 3 heteroatoms. The molecule has 0 saturated heterocycles. The molecule has 0 aliphatic carbocycles. The van der Waals surface area contributed by atoms with Gasteiger partial charge in [-0.2, -0.15) is 0 Å². The summed E-state index contributed by atoms with van der Waals surface area (Å²) in [5, 5.41) is 0. The summed E-state index contributed by atoms with van der Waals surface area (Å²) in [6.45, 7) is 9.79. The zero-order chi connectivity index (χ0) is 21.1. The summed E-state index contributed by atoms with van der Waals surface area (Å²) in [4.78, 5) is 9.60. The molecule has 0 saturated carbocycles. The molecule has 2 aromatic carbocycles. The van der Waals surface area contributed by atoms with Gasteiger partial charge in [-0.25, -0.2) is 4.99 Å². The van der Waals surface area contributed by atoms with Gasteiger partial charge in [0.05, 0.1) is 0 Å². The average Bonchev–Trinajstić information content (AvgIpc) is 2.77. The Morgan fingerprint density at radius 3 is 2.07 bits per heavy atom. The Bertz CT molecular complexity index is 806. The molecule has 0 heterocycles. The second-order valence-corrected chi connectivity index (χ2v) is 7.64. The van der Waals surface area contributed by atoms with Gasteiger partial charge < -0.3 is 5.73 Å². The maximum absolute atomic E-state index is 6.28. The Labute approximate surface area is 176 Å². The van der Waals surface area contributed by atoms with Crippen molar-refractivity contribution < 1.29 is 0 Å². The lowest BCUT2D eigenvalue weighted by Gasteiger charge is -2.25. The second kappa shape index (κ2) is 12.0. The molecule has 3 atom stereocenters. The molecule has 154 valence electrons. The molecule has 0 bridgehead atoms. The van der Waals surface area contributed by atoms with Gasteiger partial charge in [0.15, 0.2) is 5.84 Å². The van der Waals surface area contributed by atoms with Crippen molar-refractivity contribution in [2.24, 2.45) is 33.5 Å². The lowest BCUT2D eigenvalue weighted by Crippen LogP contribution is -2.21. The van der Waals surface area contributed by atoms with Crippen LogP contribution in [0.4, 0.5) is 0 Å². The highest BCUT2D eigenvalue weighted by Gasteiger charge is 2.19. The number of amidine groups is 2. The van der Waals surface area contributed by atoms with Crippen LogP contribution in [0.3, 0.4) is 0 Å². The van der Waals surface area contributed by atoms with Gasteiger partial charge in [-0.1, -0.05) is 101 Å². The van der Waals surface area contributed by atoms with Crippen molar-refractivity contribution >= 4 is 11.7 Å². The minimum absolute atomic E-state index is 0.452. The topological polar surface area (TPSA) is 50.7 Å². The van der Waals surface area contributed by atoms with E-state index < -0.39 is 0 Å². The second-order valence-electron chi connectivity index (χ2n) is 7.64. The third kappa shape index (κ3) is 7.01. The number of aliphatic imine (C=N–C) groups is 2. The molecule has 0 spiro atoms. The normalized spacial score (nSPS) is 16.0. The van der Waals surface area contributed by atoms with Crippen molar-refractivity contribution in [1.29, 1.82) is 0 Å². The standard InChI is InChI=1S/C26H35N3/c1-5-7-14-22(6-2)21(4)20(3)19-28-26(24-17-12-9-13-18-24)29-25(27)23-15-10-8-11-16-23/h7-18,20-22H,5-6,19H2,1-4H3,(H2,27,28,29)/b14-7-/t20-,21+,22?/m1/s1. The fourth-order valence-electron chi connectivity index (χ4n) is 3.38. The third-order valence-corrected chi connectivity index (χ3v) is 5.52. The number of nitrogens with zero attached hydrogens (tertiary/aromatic N) is 2. The number of allylic oxidation sites excluding steroid dienone is 2. The predicted octanol–water partition coefficient (Wildman–Crippen LogP) is 6.10. The van der Waals surface area contributed by atoms with E-state index in [0.29, 0.717) is 29.4 Å². The Balaban J connectivity index is 2.25. The van der Waals surface area contributed by atoms with Crippen LogP contribution in [-0.2, 0) is 0 Å². The molecule has 2 aromatic rings. The molecule has 2 rings (SSSR count). The van der Waals surface area contributed by atoms with Crippen LogP contribution < -0.4 is 5.73 Å². The Morgan fingerprint density at radius 2 is 1.52 bits per heavy atom. The van der Waals surface area contributed by atoms with Gasteiger partial charge in [0.25, 0.3) is 0 Å². The molecule has 0 aromatic heterocycles. The van der Waals surface area contributed by atoms with E-state index in [2.05, 4.69) is 39.8 Å². The molecule has 0 aliphatic rings. The number of nitrogens with two attached hydrogens (primary N) is 1. The Morgan fingerprint density at radius 1 is 0.931 bits per heavy atom. The van der Waals surface area contributed by atoms with Gasteiger partial charge in [0, 0.05) is 17.7 Å². The lowest BCUT2D eigenvalue weighted by atomic mass is 9.82. The molecule has 0 amide bonds. The van der Waals surface area contributed by atoms with Crippen LogP contribution in [-0.4, -0.2) is 18.2 Å². The van der Waals surface area contributed by atoms with E-state index in [4.69, 9.17) is 15.7 Å². The quantitative estimate of drug-likeness (QED) is 0.314. The fourth-order valence-corrected chi connectivity index (χ4v) is 3.38.